The molecule has 0 aliphatic rings. The van der Waals surface area contributed by atoms with E-state index in [2.05, 4.69) is 48.4 Å². The van der Waals surface area contributed by atoms with E-state index in [1.807, 2.05) is 0 Å². The Balaban J connectivity index is 2.11. The summed E-state index contributed by atoms with van der Waals surface area (Å²) in [4.78, 5) is 4.53. The molecule has 0 atom stereocenters. The summed E-state index contributed by atoms with van der Waals surface area (Å²) in [6, 6.07) is 10.2. The van der Waals surface area contributed by atoms with Gasteiger partial charge in [-0.1, -0.05) is 60.0 Å². The normalized spacial score (nSPS) is 10.7. The third kappa shape index (κ3) is 4.80. The first-order valence-electron chi connectivity index (χ1n) is 6.88. The second kappa shape index (κ2) is 7.92. The maximum Gasteiger partial charge on any atom is 0.146 e. The van der Waals surface area contributed by atoms with Crippen LogP contribution in [-0.4, -0.2) is 11.5 Å². The predicted molar refractivity (Wildman–Crippen MR) is 93.8 cm³/mol. The van der Waals surface area contributed by atoms with Gasteiger partial charge >= 0.3 is 0 Å². The van der Waals surface area contributed by atoms with Gasteiger partial charge < -0.3 is 5.32 Å². The first-order chi connectivity index (χ1) is 10.1. The van der Waals surface area contributed by atoms with Crippen LogP contribution in [0.2, 0.25) is 10.0 Å². The highest BCUT2D eigenvalue weighted by Gasteiger charge is 2.10. The molecule has 0 spiro atoms. The molecule has 0 aliphatic heterocycles. The fourth-order valence-electron chi connectivity index (χ4n) is 1.87. The Labute approximate surface area is 140 Å². The fourth-order valence-corrected chi connectivity index (χ4v) is 3.30. The Kier molecular flexibility index (Phi) is 6.22. The molecule has 5 heteroatoms. The highest BCUT2D eigenvalue weighted by atomic mass is 35.5. The molecule has 2 rings (SSSR count). The van der Waals surface area contributed by atoms with Crippen LogP contribution in [0.25, 0.3) is 0 Å². The average molecular weight is 341 g/mol. The molecule has 0 unspecified atom stereocenters. The van der Waals surface area contributed by atoms with Gasteiger partial charge in [0.15, 0.2) is 0 Å². The molecule has 0 amide bonds. The number of aromatic nitrogens is 1. The Hall–Kier alpha value is -0.900. The Morgan fingerprint density at radius 2 is 2.00 bits per heavy atom. The quantitative estimate of drug-likeness (QED) is 0.671. The van der Waals surface area contributed by atoms with E-state index >= 15 is 0 Å². The van der Waals surface area contributed by atoms with Gasteiger partial charge in [-0.3, -0.25) is 0 Å². The molecule has 0 aliphatic carbocycles. The average Bonchev–Trinajstić information content (AvgIpc) is 2.45. The molecule has 1 aromatic heterocycles. The first-order valence-corrected chi connectivity index (χ1v) is 8.62. The monoisotopic (exact) mass is 340 g/mol. The number of nitrogens with one attached hydrogen (secondary N) is 1. The van der Waals surface area contributed by atoms with E-state index in [1.54, 1.807) is 17.8 Å². The molecule has 21 heavy (non-hydrogen) atoms. The van der Waals surface area contributed by atoms with Crippen LogP contribution in [0.3, 0.4) is 0 Å². The summed E-state index contributed by atoms with van der Waals surface area (Å²) in [7, 11) is 0. The van der Waals surface area contributed by atoms with Crippen molar-refractivity contribution in [3.8, 4) is 0 Å². The smallest absolute Gasteiger partial charge is 0.146 e. The van der Waals surface area contributed by atoms with E-state index in [-0.39, 0.29) is 0 Å². The summed E-state index contributed by atoms with van der Waals surface area (Å²) in [5.74, 6) is 1.54. The molecule has 112 valence electrons. The summed E-state index contributed by atoms with van der Waals surface area (Å²) in [6.45, 7) is 5.04. The van der Waals surface area contributed by atoms with Crippen LogP contribution in [-0.2, 0) is 5.75 Å². The largest absolute Gasteiger partial charge is 0.369 e. The lowest BCUT2D eigenvalue weighted by Crippen LogP contribution is -2.03. The van der Waals surface area contributed by atoms with Crippen LogP contribution < -0.4 is 5.32 Å². The lowest BCUT2D eigenvalue weighted by atomic mass is 10.2. The van der Waals surface area contributed by atoms with Gasteiger partial charge in [-0.25, -0.2) is 4.98 Å². The van der Waals surface area contributed by atoms with Crippen molar-refractivity contribution < 1.29 is 0 Å². The Morgan fingerprint density at radius 1 is 1.19 bits per heavy atom. The lowest BCUT2D eigenvalue weighted by molar-refractivity contribution is 0.960. The molecule has 0 saturated carbocycles. The topological polar surface area (TPSA) is 24.9 Å². The fraction of sp³-hybridized carbons (Fsp3) is 0.312. The summed E-state index contributed by atoms with van der Waals surface area (Å²) in [6.07, 6.45) is 1.02. The summed E-state index contributed by atoms with van der Waals surface area (Å²) >= 11 is 14.0. The molecular weight excluding hydrogens is 323 g/mol. The number of anilines is 1. The van der Waals surface area contributed by atoms with Gasteiger partial charge in [0.1, 0.15) is 10.8 Å². The van der Waals surface area contributed by atoms with Crippen LogP contribution in [0.5, 0.6) is 0 Å². The molecule has 2 nitrogen and oxygen atoms in total. The van der Waals surface area contributed by atoms with Crippen molar-refractivity contribution >= 4 is 40.8 Å². The maximum absolute atomic E-state index is 6.24. The minimum atomic E-state index is 0.563. The molecule has 0 fully saturated rings. The van der Waals surface area contributed by atoms with Crippen molar-refractivity contribution in [2.24, 2.45) is 0 Å². The molecule has 0 radical (unpaired) electrons. The minimum Gasteiger partial charge on any atom is -0.369 e. The molecule has 0 bridgehead atoms. The van der Waals surface area contributed by atoms with Crippen LogP contribution in [0.1, 0.15) is 24.5 Å². The molecule has 1 aromatic carbocycles. The molecule has 2 aromatic rings. The van der Waals surface area contributed by atoms with Gasteiger partial charge in [0, 0.05) is 12.3 Å². The zero-order valence-electron chi connectivity index (χ0n) is 12.1. The second-order valence-corrected chi connectivity index (χ2v) is 6.59. The SMILES string of the molecule is CCCNc1nc(SCc2cccc(C)c2)c(Cl)cc1Cl. The van der Waals surface area contributed by atoms with Crippen molar-refractivity contribution in [3.63, 3.8) is 0 Å². The minimum absolute atomic E-state index is 0.563. The number of rotatable bonds is 6. The highest BCUT2D eigenvalue weighted by molar-refractivity contribution is 7.98. The molecule has 1 N–H and O–H groups in total. The van der Waals surface area contributed by atoms with E-state index in [0.717, 1.165) is 23.7 Å². The number of halogens is 2. The van der Waals surface area contributed by atoms with Crippen molar-refractivity contribution in [2.75, 3.05) is 11.9 Å². The number of aryl methyl sites for hydroxylation is 1. The van der Waals surface area contributed by atoms with Crippen molar-refractivity contribution in [1.29, 1.82) is 0 Å². The molecule has 0 saturated heterocycles. The third-order valence-electron chi connectivity index (χ3n) is 2.90. The zero-order valence-corrected chi connectivity index (χ0v) is 14.4. The van der Waals surface area contributed by atoms with Crippen molar-refractivity contribution in [3.05, 3.63) is 51.5 Å². The zero-order chi connectivity index (χ0) is 15.2. The van der Waals surface area contributed by atoms with E-state index in [4.69, 9.17) is 23.2 Å². The van der Waals surface area contributed by atoms with Crippen LogP contribution in [0.15, 0.2) is 35.4 Å². The summed E-state index contributed by atoms with van der Waals surface area (Å²) in [5.41, 5.74) is 2.52. The van der Waals surface area contributed by atoms with E-state index in [9.17, 15) is 0 Å². The number of pyridine rings is 1. The van der Waals surface area contributed by atoms with E-state index in [1.165, 1.54) is 11.1 Å². The summed E-state index contributed by atoms with van der Waals surface area (Å²) in [5, 5.41) is 5.19. The number of benzene rings is 1. The van der Waals surface area contributed by atoms with Gasteiger partial charge in [0.05, 0.1) is 10.0 Å². The van der Waals surface area contributed by atoms with Crippen LogP contribution in [0.4, 0.5) is 5.82 Å². The first kappa shape index (κ1) is 16.5. The number of nitrogens with zero attached hydrogens (tertiary/aromatic N) is 1. The van der Waals surface area contributed by atoms with Crippen molar-refractivity contribution in [2.45, 2.75) is 31.0 Å². The van der Waals surface area contributed by atoms with Crippen molar-refractivity contribution in [1.82, 2.24) is 4.98 Å². The second-order valence-electron chi connectivity index (χ2n) is 4.81. The van der Waals surface area contributed by atoms with E-state index in [0.29, 0.717) is 15.9 Å². The number of thioether (sulfide) groups is 1. The standard InChI is InChI=1S/C16H18Cl2N2S/c1-3-7-19-15-13(17)9-14(18)16(20-15)21-10-12-6-4-5-11(2)8-12/h4-6,8-9H,3,7,10H2,1-2H3,(H,19,20). The summed E-state index contributed by atoms with van der Waals surface area (Å²) < 4.78 is 0. The molecular formula is C16H18Cl2N2S. The van der Waals surface area contributed by atoms with E-state index < -0.39 is 0 Å². The number of hydrogen-bond donors (Lipinski definition) is 1. The maximum atomic E-state index is 6.24. The lowest BCUT2D eigenvalue weighted by Gasteiger charge is -2.10. The van der Waals surface area contributed by atoms with Crippen LogP contribution >= 0.6 is 35.0 Å². The van der Waals surface area contributed by atoms with Gasteiger partial charge in [0.25, 0.3) is 0 Å². The van der Waals surface area contributed by atoms with Gasteiger partial charge in [-0.05, 0) is 25.0 Å². The van der Waals surface area contributed by atoms with Crippen LogP contribution in [0, 0.1) is 6.92 Å². The number of hydrogen-bond acceptors (Lipinski definition) is 3. The predicted octanol–water partition coefficient (Wildman–Crippen LogP) is 5.81. The van der Waals surface area contributed by atoms with Gasteiger partial charge in [-0.15, -0.1) is 11.8 Å². The molecule has 1 heterocycles. The van der Waals surface area contributed by atoms with Gasteiger partial charge in [0.2, 0.25) is 0 Å². The highest BCUT2D eigenvalue weighted by Crippen LogP contribution is 2.33. The Bertz CT molecular complexity index is 617. The van der Waals surface area contributed by atoms with Gasteiger partial charge in [-0.2, -0.15) is 0 Å². The Morgan fingerprint density at radius 3 is 2.71 bits per heavy atom. The third-order valence-corrected chi connectivity index (χ3v) is 4.65.